The van der Waals surface area contributed by atoms with Crippen LogP contribution in [0, 0.1) is 0 Å². The highest BCUT2D eigenvalue weighted by Crippen LogP contribution is 2.23. The van der Waals surface area contributed by atoms with Gasteiger partial charge in [0.2, 0.25) is 5.91 Å². The molecule has 0 aromatic heterocycles. The standard InChI is InChI=1S/C18H16BrClN2O2/c19-13-3-7-15(8-4-13)22-17(23)11-16(18(22)24)21-10-9-12-1-5-14(20)6-2-12/h1-8,16,21H,9-11H2/p+1/t16-/m0/s1. The van der Waals surface area contributed by atoms with E-state index in [4.69, 9.17) is 11.6 Å². The first-order chi connectivity index (χ1) is 11.5. The third kappa shape index (κ3) is 3.86. The van der Waals surface area contributed by atoms with Gasteiger partial charge in [0.05, 0.1) is 18.7 Å². The van der Waals surface area contributed by atoms with E-state index >= 15 is 0 Å². The average Bonchev–Trinajstić information content (AvgIpc) is 2.85. The van der Waals surface area contributed by atoms with Crippen molar-refractivity contribution in [1.29, 1.82) is 0 Å². The van der Waals surface area contributed by atoms with Gasteiger partial charge in [-0.2, -0.15) is 0 Å². The monoisotopic (exact) mass is 407 g/mol. The number of carbonyl (C=O) groups is 2. The number of hydrogen-bond donors (Lipinski definition) is 1. The fraction of sp³-hybridized carbons (Fsp3) is 0.222. The molecule has 0 aliphatic carbocycles. The van der Waals surface area contributed by atoms with Gasteiger partial charge in [-0.05, 0) is 42.0 Å². The van der Waals surface area contributed by atoms with Gasteiger partial charge in [0.1, 0.15) is 0 Å². The molecule has 1 atom stereocenters. The van der Waals surface area contributed by atoms with E-state index in [1.807, 2.05) is 41.7 Å². The van der Waals surface area contributed by atoms with Gasteiger partial charge in [-0.15, -0.1) is 0 Å². The Kier molecular flexibility index (Phi) is 5.33. The van der Waals surface area contributed by atoms with Crippen LogP contribution >= 0.6 is 27.5 Å². The molecular formula is C18H17BrClN2O2+. The van der Waals surface area contributed by atoms with E-state index in [9.17, 15) is 9.59 Å². The summed E-state index contributed by atoms with van der Waals surface area (Å²) in [4.78, 5) is 26.0. The van der Waals surface area contributed by atoms with Crippen molar-refractivity contribution in [3.8, 4) is 0 Å². The number of rotatable bonds is 5. The van der Waals surface area contributed by atoms with Gasteiger partial charge in [-0.3, -0.25) is 9.59 Å². The Morgan fingerprint density at radius 1 is 1.08 bits per heavy atom. The average molecular weight is 409 g/mol. The number of anilines is 1. The lowest BCUT2D eigenvalue weighted by Gasteiger charge is -2.14. The number of halogens is 2. The summed E-state index contributed by atoms with van der Waals surface area (Å²) in [6.07, 6.45) is 1.07. The van der Waals surface area contributed by atoms with Crippen molar-refractivity contribution in [2.24, 2.45) is 0 Å². The van der Waals surface area contributed by atoms with Crippen LogP contribution in [0.1, 0.15) is 12.0 Å². The third-order valence-corrected chi connectivity index (χ3v) is 4.84. The fourth-order valence-electron chi connectivity index (χ4n) is 2.80. The molecule has 1 aliphatic heterocycles. The van der Waals surface area contributed by atoms with Gasteiger partial charge in [0.15, 0.2) is 6.04 Å². The van der Waals surface area contributed by atoms with E-state index in [-0.39, 0.29) is 24.3 Å². The van der Waals surface area contributed by atoms with Crippen LogP contribution in [0.2, 0.25) is 5.02 Å². The van der Waals surface area contributed by atoms with E-state index in [0.29, 0.717) is 10.7 Å². The van der Waals surface area contributed by atoms with Gasteiger partial charge in [0.25, 0.3) is 5.91 Å². The molecule has 6 heteroatoms. The molecule has 0 bridgehead atoms. The predicted molar refractivity (Wildman–Crippen MR) is 97.0 cm³/mol. The van der Waals surface area contributed by atoms with Crippen LogP contribution in [0.4, 0.5) is 5.69 Å². The molecule has 2 N–H and O–H groups in total. The number of hydrogen-bond acceptors (Lipinski definition) is 2. The summed E-state index contributed by atoms with van der Waals surface area (Å²) in [5, 5.41) is 2.66. The first-order valence-corrected chi connectivity index (χ1v) is 8.92. The number of benzene rings is 2. The largest absolute Gasteiger partial charge is 0.335 e. The number of imide groups is 1. The minimum absolute atomic E-state index is 0.140. The van der Waals surface area contributed by atoms with Crippen molar-refractivity contribution < 1.29 is 14.9 Å². The number of quaternary nitrogens is 1. The molecule has 0 saturated carbocycles. The van der Waals surface area contributed by atoms with Crippen LogP contribution in [0.15, 0.2) is 53.0 Å². The summed E-state index contributed by atoms with van der Waals surface area (Å²) < 4.78 is 0.913. The molecule has 1 heterocycles. The molecule has 1 saturated heterocycles. The summed E-state index contributed by atoms with van der Waals surface area (Å²) in [6, 6.07) is 14.5. The molecule has 0 unspecified atom stereocenters. The number of amides is 2. The topological polar surface area (TPSA) is 54.0 Å². The van der Waals surface area contributed by atoms with Crippen LogP contribution in [-0.2, 0) is 16.0 Å². The molecule has 2 amide bonds. The second kappa shape index (κ2) is 7.47. The zero-order valence-corrected chi connectivity index (χ0v) is 15.3. The lowest BCUT2D eigenvalue weighted by atomic mass is 10.1. The quantitative estimate of drug-likeness (QED) is 0.773. The van der Waals surface area contributed by atoms with Gasteiger partial charge < -0.3 is 5.32 Å². The molecule has 0 radical (unpaired) electrons. The van der Waals surface area contributed by atoms with Crippen molar-refractivity contribution in [3.05, 3.63) is 63.6 Å². The Hall–Kier alpha value is -1.69. The number of nitrogens with two attached hydrogens (primary N) is 1. The SMILES string of the molecule is O=C1C[C@H]([NH2+]CCc2ccc(Cl)cc2)C(=O)N1c1ccc(Br)cc1. The molecule has 2 aromatic carbocycles. The zero-order valence-electron chi connectivity index (χ0n) is 12.9. The Bertz CT molecular complexity index is 747. The Labute approximate surface area is 153 Å². The van der Waals surface area contributed by atoms with Crippen LogP contribution in [0.3, 0.4) is 0 Å². The van der Waals surface area contributed by atoms with E-state index in [2.05, 4.69) is 15.9 Å². The first-order valence-electron chi connectivity index (χ1n) is 7.75. The van der Waals surface area contributed by atoms with Crippen LogP contribution in [0.25, 0.3) is 0 Å². The second-order valence-corrected chi connectivity index (χ2v) is 7.11. The minimum atomic E-state index is -0.339. The van der Waals surface area contributed by atoms with Gasteiger partial charge in [-0.25, -0.2) is 4.90 Å². The lowest BCUT2D eigenvalue weighted by molar-refractivity contribution is -0.674. The van der Waals surface area contributed by atoms with E-state index in [1.54, 1.807) is 12.1 Å². The molecule has 24 heavy (non-hydrogen) atoms. The minimum Gasteiger partial charge on any atom is -0.335 e. The molecule has 1 aliphatic rings. The maximum atomic E-state index is 12.5. The number of nitrogens with zero attached hydrogens (tertiary/aromatic N) is 1. The van der Waals surface area contributed by atoms with Crippen molar-refractivity contribution in [3.63, 3.8) is 0 Å². The van der Waals surface area contributed by atoms with Crippen LogP contribution in [0.5, 0.6) is 0 Å². The van der Waals surface area contributed by atoms with Gasteiger partial charge in [0, 0.05) is 15.9 Å². The Balaban J connectivity index is 1.59. The Morgan fingerprint density at radius 3 is 2.42 bits per heavy atom. The highest BCUT2D eigenvalue weighted by Gasteiger charge is 2.41. The molecule has 3 rings (SSSR count). The summed E-state index contributed by atoms with van der Waals surface area (Å²) in [5.74, 6) is -0.284. The normalized spacial score (nSPS) is 17.6. The van der Waals surface area contributed by atoms with E-state index < -0.39 is 0 Å². The molecule has 1 fully saturated rings. The zero-order chi connectivity index (χ0) is 17.1. The smallest absolute Gasteiger partial charge is 0.292 e. The highest BCUT2D eigenvalue weighted by atomic mass is 79.9. The summed E-state index contributed by atoms with van der Waals surface area (Å²) >= 11 is 9.22. The third-order valence-electron chi connectivity index (χ3n) is 4.06. The molecule has 2 aromatic rings. The molecular weight excluding hydrogens is 392 g/mol. The summed E-state index contributed by atoms with van der Waals surface area (Å²) in [6.45, 7) is 0.750. The molecule has 4 nitrogen and oxygen atoms in total. The maximum Gasteiger partial charge on any atom is 0.292 e. The lowest BCUT2D eigenvalue weighted by Crippen LogP contribution is -2.92. The van der Waals surface area contributed by atoms with Crippen molar-refractivity contribution >= 4 is 45.0 Å². The molecule has 124 valence electrons. The van der Waals surface area contributed by atoms with Gasteiger partial charge >= 0.3 is 0 Å². The van der Waals surface area contributed by atoms with Crippen LogP contribution in [-0.4, -0.2) is 24.4 Å². The van der Waals surface area contributed by atoms with E-state index in [0.717, 1.165) is 23.0 Å². The van der Waals surface area contributed by atoms with Crippen molar-refractivity contribution in [1.82, 2.24) is 0 Å². The van der Waals surface area contributed by atoms with Crippen molar-refractivity contribution in [2.75, 3.05) is 11.4 Å². The predicted octanol–water partition coefficient (Wildman–Crippen LogP) is 2.54. The first kappa shape index (κ1) is 17.1. The van der Waals surface area contributed by atoms with E-state index in [1.165, 1.54) is 4.90 Å². The van der Waals surface area contributed by atoms with Crippen molar-refractivity contribution in [2.45, 2.75) is 18.9 Å². The highest BCUT2D eigenvalue weighted by molar-refractivity contribution is 9.10. The summed E-state index contributed by atoms with van der Waals surface area (Å²) in [7, 11) is 0. The van der Waals surface area contributed by atoms with Gasteiger partial charge in [-0.1, -0.05) is 39.7 Å². The fourth-order valence-corrected chi connectivity index (χ4v) is 3.19. The van der Waals surface area contributed by atoms with Crippen LogP contribution < -0.4 is 10.2 Å². The second-order valence-electron chi connectivity index (χ2n) is 5.76. The Morgan fingerprint density at radius 2 is 1.75 bits per heavy atom. The molecule has 0 spiro atoms. The maximum absolute atomic E-state index is 12.5. The number of carbonyl (C=O) groups excluding carboxylic acids is 2. The summed E-state index contributed by atoms with van der Waals surface area (Å²) in [5.41, 5.74) is 1.79.